The molecule has 19 heavy (non-hydrogen) atoms. The van der Waals surface area contributed by atoms with Crippen molar-refractivity contribution in [2.45, 2.75) is 46.6 Å². The largest absolute Gasteiger partial charge is 0.304 e. The third-order valence-corrected chi connectivity index (χ3v) is 4.02. The van der Waals surface area contributed by atoms with Crippen molar-refractivity contribution in [3.05, 3.63) is 34.9 Å². The van der Waals surface area contributed by atoms with E-state index < -0.39 is 0 Å². The topological polar surface area (TPSA) is 41.3 Å². The second kappa shape index (κ2) is 8.31. The fraction of sp³-hybridized carbons (Fsp3) is 0.625. The molecular weight excluding hydrogens is 234 g/mol. The molecule has 0 radical (unpaired) electrons. The normalized spacial score (nSPS) is 12.9. The Labute approximate surface area is 118 Å². The van der Waals surface area contributed by atoms with Crippen molar-refractivity contribution >= 4 is 0 Å². The summed E-state index contributed by atoms with van der Waals surface area (Å²) >= 11 is 0. The predicted molar refractivity (Wildman–Crippen MR) is 83.1 cm³/mol. The number of hydrogen-bond acceptors (Lipinski definition) is 3. The molecule has 0 heterocycles. The summed E-state index contributed by atoms with van der Waals surface area (Å²) in [6.45, 7) is 12.1. The Hall–Kier alpha value is -0.900. The van der Waals surface area contributed by atoms with Crippen molar-refractivity contribution in [2.24, 2.45) is 5.84 Å². The number of hydrazine groups is 1. The van der Waals surface area contributed by atoms with Crippen molar-refractivity contribution in [2.75, 3.05) is 19.6 Å². The number of rotatable bonds is 8. The van der Waals surface area contributed by atoms with Crippen LogP contribution in [0.15, 0.2) is 18.2 Å². The maximum absolute atomic E-state index is 5.72. The van der Waals surface area contributed by atoms with E-state index in [0.29, 0.717) is 6.04 Å². The van der Waals surface area contributed by atoms with Gasteiger partial charge in [0, 0.05) is 6.04 Å². The first-order valence-electron chi connectivity index (χ1n) is 7.35. The van der Waals surface area contributed by atoms with E-state index in [1.54, 1.807) is 0 Å². The van der Waals surface area contributed by atoms with Gasteiger partial charge in [0.25, 0.3) is 0 Å². The molecule has 0 saturated heterocycles. The lowest BCUT2D eigenvalue weighted by Gasteiger charge is -2.23. The summed E-state index contributed by atoms with van der Waals surface area (Å²) < 4.78 is 0. The Morgan fingerprint density at radius 2 is 1.74 bits per heavy atom. The molecule has 1 aromatic rings. The second-order valence-corrected chi connectivity index (χ2v) is 5.25. The molecule has 1 rings (SSSR count). The smallest absolute Gasteiger partial charge is 0.0263 e. The minimum atomic E-state index is 0.348. The van der Waals surface area contributed by atoms with E-state index in [0.717, 1.165) is 32.5 Å². The monoisotopic (exact) mass is 263 g/mol. The van der Waals surface area contributed by atoms with Crippen molar-refractivity contribution in [3.8, 4) is 0 Å². The van der Waals surface area contributed by atoms with Crippen LogP contribution in [0.4, 0.5) is 0 Å². The van der Waals surface area contributed by atoms with Crippen molar-refractivity contribution in [1.29, 1.82) is 0 Å². The van der Waals surface area contributed by atoms with Gasteiger partial charge in [0.2, 0.25) is 0 Å². The maximum atomic E-state index is 5.72. The zero-order chi connectivity index (χ0) is 14.3. The molecule has 3 nitrogen and oxygen atoms in total. The Bertz CT molecular complexity index is 352. The molecule has 1 aromatic carbocycles. The van der Waals surface area contributed by atoms with Gasteiger partial charge in [0.15, 0.2) is 0 Å². The molecule has 1 unspecified atom stereocenters. The van der Waals surface area contributed by atoms with Crippen LogP contribution in [0.5, 0.6) is 0 Å². The molecule has 3 N–H and O–H groups in total. The van der Waals surface area contributed by atoms with Gasteiger partial charge >= 0.3 is 0 Å². The predicted octanol–water partition coefficient (Wildman–Crippen LogP) is 2.41. The minimum absolute atomic E-state index is 0.348. The Morgan fingerprint density at radius 3 is 2.21 bits per heavy atom. The molecule has 0 aromatic heterocycles. The van der Waals surface area contributed by atoms with Crippen LogP contribution in [0.3, 0.4) is 0 Å². The minimum Gasteiger partial charge on any atom is -0.304 e. The van der Waals surface area contributed by atoms with Crippen LogP contribution in [-0.4, -0.2) is 30.6 Å². The quantitative estimate of drug-likeness (QED) is 0.559. The fourth-order valence-electron chi connectivity index (χ4n) is 2.54. The van der Waals surface area contributed by atoms with Crippen molar-refractivity contribution in [1.82, 2.24) is 10.3 Å². The highest BCUT2D eigenvalue weighted by Gasteiger charge is 2.12. The lowest BCUT2D eigenvalue weighted by atomic mass is 9.95. The highest BCUT2D eigenvalue weighted by atomic mass is 15.2. The first-order chi connectivity index (χ1) is 9.12. The molecule has 0 aliphatic carbocycles. The molecule has 0 fully saturated rings. The van der Waals surface area contributed by atoms with Crippen LogP contribution >= 0.6 is 0 Å². The lowest BCUT2D eigenvalue weighted by Crippen LogP contribution is -2.40. The maximum Gasteiger partial charge on any atom is 0.0263 e. The Balaban J connectivity index is 2.61. The van der Waals surface area contributed by atoms with Crippen LogP contribution in [0.25, 0.3) is 0 Å². The second-order valence-electron chi connectivity index (χ2n) is 5.25. The summed E-state index contributed by atoms with van der Waals surface area (Å²) in [5, 5.41) is 0. The average molecular weight is 263 g/mol. The molecule has 0 aliphatic heterocycles. The Kier molecular flexibility index (Phi) is 7.06. The molecule has 108 valence electrons. The van der Waals surface area contributed by atoms with E-state index in [1.807, 2.05) is 0 Å². The van der Waals surface area contributed by atoms with Crippen LogP contribution in [-0.2, 0) is 6.42 Å². The number of nitrogens with two attached hydrogens (primary N) is 1. The van der Waals surface area contributed by atoms with E-state index in [2.05, 4.69) is 56.2 Å². The van der Waals surface area contributed by atoms with Crippen molar-refractivity contribution in [3.63, 3.8) is 0 Å². The highest BCUT2D eigenvalue weighted by Crippen LogP contribution is 2.16. The van der Waals surface area contributed by atoms with Crippen LogP contribution in [0, 0.1) is 13.8 Å². The number of nitrogens with zero attached hydrogens (tertiary/aromatic N) is 1. The van der Waals surface area contributed by atoms with Crippen LogP contribution in [0.1, 0.15) is 37.0 Å². The van der Waals surface area contributed by atoms with Crippen LogP contribution < -0.4 is 11.3 Å². The number of aryl methyl sites for hydroxylation is 2. The zero-order valence-corrected chi connectivity index (χ0v) is 12.9. The fourth-order valence-corrected chi connectivity index (χ4v) is 2.54. The summed E-state index contributed by atoms with van der Waals surface area (Å²) in [4.78, 5) is 2.44. The van der Waals surface area contributed by atoms with Gasteiger partial charge in [0.05, 0.1) is 0 Å². The number of nitrogens with one attached hydrogen (secondary N) is 1. The highest BCUT2D eigenvalue weighted by molar-refractivity contribution is 5.34. The van der Waals surface area contributed by atoms with Gasteiger partial charge in [-0.15, -0.1) is 0 Å². The van der Waals surface area contributed by atoms with Gasteiger partial charge in [-0.25, -0.2) is 0 Å². The summed E-state index contributed by atoms with van der Waals surface area (Å²) in [7, 11) is 0. The molecule has 0 bridgehead atoms. The zero-order valence-electron chi connectivity index (χ0n) is 12.9. The van der Waals surface area contributed by atoms with Gasteiger partial charge in [-0.05, 0) is 63.0 Å². The summed E-state index contributed by atoms with van der Waals surface area (Å²) in [5.74, 6) is 5.72. The van der Waals surface area contributed by atoms with Gasteiger partial charge in [-0.3, -0.25) is 11.3 Å². The van der Waals surface area contributed by atoms with E-state index in [-0.39, 0.29) is 0 Å². The average Bonchev–Trinajstić information content (AvgIpc) is 2.41. The molecule has 3 heteroatoms. The first kappa shape index (κ1) is 16.2. The van der Waals surface area contributed by atoms with Gasteiger partial charge in [0.1, 0.15) is 0 Å². The van der Waals surface area contributed by atoms with Gasteiger partial charge in [-0.2, -0.15) is 0 Å². The standard InChI is InChI=1S/C16H29N3/c1-5-19(6-2)11-10-15(18-17)12-16-13(3)8-7-9-14(16)4/h7-9,15,18H,5-6,10-12,17H2,1-4H3. The molecule has 0 saturated carbocycles. The molecule has 0 amide bonds. The van der Waals surface area contributed by atoms with Gasteiger partial charge < -0.3 is 4.90 Å². The SMILES string of the molecule is CCN(CC)CCC(Cc1c(C)cccc1C)NN. The van der Waals surface area contributed by atoms with E-state index >= 15 is 0 Å². The first-order valence-corrected chi connectivity index (χ1v) is 7.35. The number of benzene rings is 1. The Morgan fingerprint density at radius 1 is 1.16 bits per heavy atom. The summed E-state index contributed by atoms with van der Waals surface area (Å²) in [6, 6.07) is 6.83. The third-order valence-electron chi connectivity index (χ3n) is 4.02. The van der Waals surface area contributed by atoms with Crippen LogP contribution in [0.2, 0.25) is 0 Å². The van der Waals surface area contributed by atoms with E-state index in [1.165, 1.54) is 16.7 Å². The number of hydrogen-bond donors (Lipinski definition) is 2. The van der Waals surface area contributed by atoms with Gasteiger partial charge in [-0.1, -0.05) is 32.0 Å². The van der Waals surface area contributed by atoms with Crippen molar-refractivity contribution < 1.29 is 0 Å². The third kappa shape index (κ3) is 4.94. The summed E-state index contributed by atoms with van der Waals surface area (Å²) in [5.41, 5.74) is 7.14. The van der Waals surface area contributed by atoms with E-state index in [9.17, 15) is 0 Å². The molecule has 1 atom stereocenters. The molecule has 0 spiro atoms. The lowest BCUT2D eigenvalue weighted by molar-refractivity contribution is 0.280. The molecule has 0 aliphatic rings. The summed E-state index contributed by atoms with van der Waals surface area (Å²) in [6.07, 6.45) is 2.10. The van der Waals surface area contributed by atoms with E-state index in [4.69, 9.17) is 5.84 Å². The molecular formula is C16H29N3.